The van der Waals surface area contributed by atoms with Gasteiger partial charge in [-0.05, 0) is 11.3 Å². The molecule has 0 aliphatic carbocycles. The van der Waals surface area contributed by atoms with Gasteiger partial charge in [0, 0.05) is 0 Å². The van der Waals surface area contributed by atoms with Crippen molar-refractivity contribution in [2.75, 3.05) is 0 Å². The molecule has 1 rings (SSSR count). The number of hydrogen-bond acceptors (Lipinski definition) is 3. The van der Waals surface area contributed by atoms with Crippen LogP contribution in [0.15, 0.2) is 12.3 Å². The molecule has 0 fully saturated rings. The number of aryl methyl sites for hydroxylation is 1. The summed E-state index contributed by atoms with van der Waals surface area (Å²) in [5.41, 5.74) is 0. The maximum atomic E-state index is 10.4. The molecule has 16 heavy (non-hydrogen) atoms. The second kappa shape index (κ2) is 6.98. The predicted molar refractivity (Wildman–Crippen MR) is 62.3 cm³/mol. The first-order valence-electron chi connectivity index (χ1n) is 5.92. The summed E-state index contributed by atoms with van der Waals surface area (Å²) in [5.74, 6) is -0.0639. The van der Waals surface area contributed by atoms with Gasteiger partial charge in [-0.3, -0.25) is 0 Å². The molecule has 0 radical (unpaired) electrons. The minimum absolute atomic E-state index is 0.0639. The van der Waals surface area contributed by atoms with Crippen LogP contribution in [0.4, 0.5) is 5.82 Å². The van der Waals surface area contributed by atoms with E-state index in [9.17, 15) is 10.1 Å². The van der Waals surface area contributed by atoms with Crippen molar-refractivity contribution in [3.05, 3.63) is 22.4 Å². The molecule has 0 amide bonds. The van der Waals surface area contributed by atoms with Crippen molar-refractivity contribution >= 4 is 5.82 Å². The van der Waals surface area contributed by atoms with Gasteiger partial charge in [0.2, 0.25) is 0 Å². The van der Waals surface area contributed by atoms with Crippen LogP contribution in [0.1, 0.15) is 45.4 Å². The van der Waals surface area contributed by atoms with Crippen LogP contribution in [-0.2, 0) is 6.54 Å². The molecule has 0 spiro atoms. The third-order valence-electron chi connectivity index (χ3n) is 2.55. The Kier molecular flexibility index (Phi) is 5.53. The minimum atomic E-state index is -0.461. The Bertz CT molecular complexity index is 323. The highest BCUT2D eigenvalue weighted by atomic mass is 16.6. The van der Waals surface area contributed by atoms with Gasteiger partial charge in [0.25, 0.3) is 0 Å². The lowest BCUT2D eigenvalue weighted by Crippen LogP contribution is -1.99. The molecule has 1 heterocycles. The number of unbranched alkanes of at least 4 members (excludes halogenated alkanes) is 5. The molecule has 0 saturated carbocycles. The first-order valence-corrected chi connectivity index (χ1v) is 5.92. The van der Waals surface area contributed by atoms with E-state index in [-0.39, 0.29) is 5.82 Å². The highest BCUT2D eigenvalue weighted by Gasteiger charge is 2.09. The first kappa shape index (κ1) is 12.7. The zero-order chi connectivity index (χ0) is 11.8. The fraction of sp³-hybridized carbons (Fsp3) is 0.727. The largest absolute Gasteiger partial charge is 0.389 e. The van der Waals surface area contributed by atoms with Crippen LogP contribution < -0.4 is 0 Å². The molecule has 90 valence electrons. The molecule has 0 bridgehead atoms. The second-order valence-electron chi connectivity index (χ2n) is 3.96. The van der Waals surface area contributed by atoms with Crippen molar-refractivity contribution in [1.82, 2.24) is 9.78 Å². The van der Waals surface area contributed by atoms with Crippen molar-refractivity contribution in [3.63, 3.8) is 0 Å². The Balaban J connectivity index is 2.14. The normalized spacial score (nSPS) is 10.6. The summed E-state index contributed by atoms with van der Waals surface area (Å²) in [6.07, 6.45) is 8.98. The maximum absolute atomic E-state index is 10.4. The third kappa shape index (κ3) is 4.42. The molecule has 5 nitrogen and oxygen atoms in total. The van der Waals surface area contributed by atoms with E-state index in [0.717, 1.165) is 13.0 Å². The van der Waals surface area contributed by atoms with Crippen LogP contribution in [0.25, 0.3) is 0 Å². The quantitative estimate of drug-likeness (QED) is 0.388. The third-order valence-corrected chi connectivity index (χ3v) is 2.55. The first-order chi connectivity index (χ1) is 7.74. The van der Waals surface area contributed by atoms with Gasteiger partial charge in [-0.1, -0.05) is 39.0 Å². The smallest absolute Gasteiger partial charge is 0.358 e. The van der Waals surface area contributed by atoms with E-state index >= 15 is 0 Å². The molecular weight excluding hydrogens is 206 g/mol. The van der Waals surface area contributed by atoms with E-state index in [1.165, 1.54) is 38.2 Å². The van der Waals surface area contributed by atoms with Gasteiger partial charge < -0.3 is 10.1 Å². The van der Waals surface area contributed by atoms with Crippen molar-refractivity contribution < 1.29 is 4.92 Å². The Morgan fingerprint density at radius 3 is 2.62 bits per heavy atom. The van der Waals surface area contributed by atoms with Crippen LogP contribution in [0, 0.1) is 10.1 Å². The van der Waals surface area contributed by atoms with Crippen molar-refractivity contribution in [2.24, 2.45) is 0 Å². The SMILES string of the molecule is CCCCCCCCn1ccc([N+](=O)[O-])n1. The van der Waals surface area contributed by atoms with Crippen LogP contribution in [0.2, 0.25) is 0 Å². The lowest BCUT2D eigenvalue weighted by atomic mass is 10.1. The van der Waals surface area contributed by atoms with E-state index < -0.39 is 4.92 Å². The molecule has 0 N–H and O–H groups in total. The van der Waals surface area contributed by atoms with E-state index in [0.29, 0.717) is 0 Å². The summed E-state index contributed by atoms with van der Waals surface area (Å²) in [5, 5.41) is 14.3. The van der Waals surface area contributed by atoms with Gasteiger partial charge in [-0.15, -0.1) is 0 Å². The highest BCUT2D eigenvalue weighted by Crippen LogP contribution is 2.08. The second-order valence-corrected chi connectivity index (χ2v) is 3.96. The van der Waals surface area contributed by atoms with Crippen LogP contribution in [-0.4, -0.2) is 14.7 Å². The van der Waals surface area contributed by atoms with E-state index in [1.807, 2.05) is 0 Å². The molecule has 1 aromatic heterocycles. The number of nitro groups is 1. The number of nitrogens with zero attached hydrogens (tertiary/aromatic N) is 3. The summed E-state index contributed by atoms with van der Waals surface area (Å²) in [4.78, 5) is 9.93. The molecule has 0 aromatic carbocycles. The summed E-state index contributed by atoms with van der Waals surface area (Å²) in [7, 11) is 0. The lowest BCUT2D eigenvalue weighted by Gasteiger charge is -1.98. The van der Waals surface area contributed by atoms with Crippen molar-refractivity contribution in [1.29, 1.82) is 0 Å². The van der Waals surface area contributed by atoms with Gasteiger partial charge in [0.05, 0.1) is 23.9 Å². The average Bonchev–Trinajstić information content (AvgIpc) is 2.72. The monoisotopic (exact) mass is 225 g/mol. The Labute approximate surface area is 95.6 Å². The Hall–Kier alpha value is -1.39. The molecule has 0 saturated heterocycles. The van der Waals surface area contributed by atoms with Crippen LogP contribution in [0.3, 0.4) is 0 Å². The summed E-state index contributed by atoms with van der Waals surface area (Å²) >= 11 is 0. The molecule has 5 heteroatoms. The molecule has 0 atom stereocenters. The summed E-state index contributed by atoms with van der Waals surface area (Å²) in [6, 6.07) is 1.44. The molecule has 0 unspecified atom stereocenters. The minimum Gasteiger partial charge on any atom is -0.358 e. The molecule has 0 aliphatic heterocycles. The zero-order valence-corrected chi connectivity index (χ0v) is 9.76. The van der Waals surface area contributed by atoms with Crippen molar-refractivity contribution in [3.8, 4) is 0 Å². The average molecular weight is 225 g/mol. The molecular formula is C11H19N3O2. The van der Waals surface area contributed by atoms with Gasteiger partial charge in [0.1, 0.15) is 0 Å². The molecule has 1 aromatic rings. The molecule has 0 aliphatic rings. The number of hydrogen-bond donors (Lipinski definition) is 0. The van der Waals surface area contributed by atoms with Crippen LogP contribution >= 0.6 is 0 Å². The number of aromatic nitrogens is 2. The summed E-state index contributed by atoms with van der Waals surface area (Å²) < 4.78 is 1.65. The highest BCUT2D eigenvalue weighted by molar-refractivity contribution is 5.13. The number of rotatable bonds is 8. The fourth-order valence-corrected chi connectivity index (χ4v) is 1.63. The van der Waals surface area contributed by atoms with Gasteiger partial charge in [-0.2, -0.15) is 4.68 Å². The van der Waals surface area contributed by atoms with Gasteiger partial charge in [0.15, 0.2) is 0 Å². The fourth-order valence-electron chi connectivity index (χ4n) is 1.63. The van der Waals surface area contributed by atoms with Crippen molar-refractivity contribution in [2.45, 2.75) is 52.0 Å². The van der Waals surface area contributed by atoms with Gasteiger partial charge >= 0.3 is 5.82 Å². The van der Waals surface area contributed by atoms with E-state index in [4.69, 9.17) is 0 Å². The van der Waals surface area contributed by atoms with E-state index in [2.05, 4.69) is 12.0 Å². The topological polar surface area (TPSA) is 61.0 Å². The predicted octanol–water partition coefficient (Wildman–Crippen LogP) is 3.15. The maximum Gasteiger partial charge on any atom is 0.389 e. The lowest BCUT2D eigenvalue weighted by molar-refractivity contribution is -0.389. The standard InChI is InChI=1S/C11H19N3O2/c1-2-3-4-5-6-7-9-13-10-8-11(12-13)14(15)16/h8,10H,2-7,9H2,1H3. The summed E-state index contributed by atoms with van der Waals surface area (Å²) in [6.45, 7) is 2.98. The van der Waals surface area contributed by atoms with Crippen LogP contribution in [0.5, 0.6) is 0 Å². The van der Waals surface area contributed by atoms with Gasteiger partial charge in [-0.25, -0.2) is 0 Å². The zero-order valence-electron chi connectivity index (χ0n) is 9.76. The van der Waals surface area contributed by atoms with E-state index in [1.54, 1.807) is 10.9 Å². The Morgan fingerprint density at radius 2 is 2.00 bits per heavy atom. The Morgan fingerprint density at radius 1 is 1.31 bits per heavy atom.